The summed E-state index contributed by atoms with van der Waals surface area (Å²) in [6, 6.07) is 7.25. The number of ether oxygens (including phenoxy) is 2. The molecule has 1 aliphatic heterocycles. The summed E-state index contributed by atoms with van der Waals surface area (Å²) in [4.78, 5) is 17.7. The largest absolute Gasteiger partial charge is 0.433 e. The van der Waals surface area contributed by atoms with Gasteiger partial charge in [-0.05, 0) is 32.0 Å². The number of nitrogens with zero attached hydrogens (tertiary/aromatic N) is 5. The Morgan fingerprint density at radius 1 is 1.14 bits per heavy atom. The Balaban J connectivity index is 1.67. The molecule has 0 aromatic carbocycles. The lowest BCUT2D eigenvalue weighted by molar-refractivity contribution is 0.00468. The fraction of sp³-hybridized carbons (Fsp3) is 0.250. The van der Waals surface area contributed by atoms with Gasteiger partial charge in [0.15, 0.2) is 5.75 Å². The standard InChI is InChI=1S/C20H18N6O2/c1-11-18(12(2)25-19(24-11)15-9-27-10-15)28-20-16(22)3-4-17(26-20)14-5-13(6-21)7-23-8-14/h3-5,7-8,15H,9-10,22H2,1-2H3. The molecule has 8 heteroatoms. The number of pyridine rings is 2. The second-order valence-corrected chi connectivity index (χ2v) is 6.58. The maximum atomic E-state index is 9.07. The van der Waals surface area contributed by atoms with Crippen molar-refractivity contribution in [2.24, 2.45) is 0 Å². The van der Waals surface area contributed by atoms with Crippen LogP contribution in [0.4, 0.5) is 5.69 Å². The van der Waals surface area contributed by atoms with Crippen molar-refractivity contribution in [3.8, 4) is 29.0 Å². The highest BCUT2D eigenvalue weighted by Gasteiger charge is 2.25. The molecule has 1 aliphatic rings. The second kappa shape index (κ2) is 7.21. The van der Waals surface area contributed by atoms with E-state index in [0.29, 0.717) is 52.9 Å². The minimum atomic E-state index is 0.234. The summed E-state index contributed by atoms with van der Waals surface area (Å²) in [6.07, 6.45) is 3.13. The first-order valence-electron chi connectivity index (χ1n) is 8.78. The average Bonchev–Trinajstić information content (AvgIpc) is 2.64. The highest BCUT2D eigenvalue weighted by atomic mass is 16.5. The summed E-state index contributed by atoms with van der Waals surface area (Å²) >= 11 is 0. The zero-order valence-corrected chi connectivity index (χ0v) is 15.5. The molecule has 2 N–H and O–H groups in total. The van der Waals surface area contributed by atoms with Crippen LogP contribution >= 0.6 is 0 Å². The maximum Gasteiger partial charge on any atom is 0.243 e. The number of hydrogen-bond acceptors (Lipinski definition) is 8. The van der Waals surface area contributed by atoms with Crippen LogP contribution in [0.5, 0.6) is 11.6 Å². The van der Waals surface area contributed by atoms with Gasteiger partial charge >= 0.3 is 0 Å². The monoisotopic (exact) mass is 374 g/mol. The molecule has 0 bridgehead atoms. The van der Waals surface area contributed by atoms with Crippen LogP contribution in [-0.2, 0) is 4.74 Å². The van der Waals surface area contributed by atoms with Crippen LogP contribution in [0.1, 0.15) is 28.7 Å². The third-order valence-corrected chi connectivity index (χ3v) is 4.48. The Kier molecular flexibility index (Phi) is 4.59. The second-order valence-electron chi connectivity index (χ2n) is 6.58. The van der Waals surface area contributed by atoms with Crippen molar-refractivity contribution in [1.82, 2.24) is 19.9 Å². The van der Waals surface area contributed by atoms with Crippen LogP contribution in [0.3, 0.4) is 0 Å². The van der Waals surface area contributed by atoms with E-state index in [2.05, 4.69) is 26.0 Å². The van der Waals surface area contributed by atoms with Gasteiger partial charge in [0.25, 0.3) is 0 Å². The number of nitriles is 1. The van der Waals surface area contributed by atoms with Crippen molar-refractivity contribution in [2.45, 2.75) is 19.8 Å². The first-order chi connectivity index (χ1) is 13.5. The lowest BCUT2D eigenvalue weighted by Crippen LogP contribution is -2.27. The average molecular weight is 374 g/mol. The molecule has 0 atom stereocenters. The number of nitrogen functional groups attached to an aromatic ring is 1. The van der Waals surface area contributed by atoms with Gasteiger partial charge in [-0.2, -0.15) is 5.26 Å². The molecule has 0 unspecified atom stereocenters. The molecule has 0 aliphatic carbocycles. The van der Waals surface area contributed by atoms with Gasteiger partial charge in [-0.25, -0.2) is 15.0 Å². The quantitative estimate of drug-likeness (QED) is 0.740. The molecular formula is C20H18N6O2. The molecular weight excluding hydrogens is 356 g/mol. The minimum absolute atomic E-state index is 0.234. The normalized spacial score (nSPS) is 13.6. The molecule has 3 aromatic rings. The van der Waals surface area contributed by atoms with Gasteiger partial charge in [0.2, 0.25) is 5.88 Å². The van der Waals surface area contributed by atoms with Gasteiger partial charge in [-0.1, -0.05) is 0 Å². The minimum Gasteiger partial charge on any atom is -0.433 e. The van der Waals surface area contributed by atoms with Crippen molar-refractivity contribution in [2.75, 3.05) is 18.9 Å². The van der Waals surface area contributed by atoms with Crippen LogP contribution in [0.25, 0.3) is 11.3 Å². The fourth-order valence-electron chi connectivity index (χ4n) is 2.88. The first kappa shape index (κ1) is 17.8. The van der Waals surface area contributed by atoms with Gasteiger partial charge < -0.3 is 15.2 Å². The van der Waals surface area contributed by atoms with E-state index in [1.54, 1.807) is 24.4 Å². The smallest absolute Gasteiger partial charge is 0.243 e. The molecule has 8 nitrogen and oxygen atoms in total. The van der Waals surface area contributed by atoms with E-state index in [-0.39, 0.29) is 11.8 Å². The summed E-state index contributed by atoms with van der Waals surface area (Å²) in [5.41, 5.74) is 9.65. The number of aryl methyl sites for hydroxylation is 2. The summed E-state index contributed by atoms with van der Waals surface area (Å²) in [5.74, 6) is 1.79. The predicted octanol–water partition coefficient (Wildman–Crippen LogP) is 2.91. The van der Waals surface area contributed by atoms with Gasteiger partial charge in [0.05, 0.1) is 47.5 Å². The van der Waals surface area contributed by atoms with Gasteiger partial charge in [-0.3, -0.25) is 4.98 Å². The number of anilines is 1. The molecule has 1 fully saturated rings. The van der Waals surface area contributed by atoms with Crippen molar-refractivity contribution in [3.05, 3.63) is 53.4 Å². The molecule has 0 amide bonds. The van der Waals surface area contributed by atoms with Crippen molar-refractivity contribution >= 4 is 5.69 Å². The fourth-order valence-corrected chi connectivity index (χ4v) is 2.88. The van der Waals surface area contributed by atoms with E-state index >= 15 is 0 Å². The Morgan fingerprint density at radius 3 is 2.54 bits per heavy atom. The highest BCUT2D eigenvalue weighted by Crippen LogP contribution is 2.33. The number of hydrogen-bond donors (Lipinski definition) is 1. The number of nitrogens with two attached hydrogens (primary N) is 1. The van der Waals surface area contributed by atoms with E-state index in [0.717, 1.165) is 5.82 Å². The zero-order valence-electron chi connectivity index (χ0n) is 15.5. The number of aromatic nitrogens is 4. The molecule has 28 heavy (non-hydrogen) atoms. The van der Waals surface area contributed by atoms with Crippen LogP contribution in [-0.4, -0.2) is 33.1 Å². The topological polar surface area (TPSA) is 120 Å². The Hall–Kier alpha value is -3.57. The SMILES string of the molecule is Cc1nc(C2COC2)nc(C)c1Oc1nc(-c2cncc(C#N)c2)ccc1N. The summed E-state index contributed by atoms with van der Waals surface area (Å²) in [7, 11) is 0. The molecule has 1 saturated heterocycles. The summed E-state index contributed by atoms with van der Waals surface area (Å²) in [6.45, 7) is 5.03. The first-order valence-corrected chi connectivity index (χ1v) is 8.78. The molecule has 140 valence electrons. The molecule has 3 aromatic heterocycles. The van der Waals surface area contributed by atoms with Crippen LogP contribution < -0.4 is 10.5 Å². The van der Waals surface area contributed by atoms with Gasteiger partial charge in [-0.15, -0.1) is 0 Å². The highest BCUT2D eigenvalue weighted by molar-refractivity contribution is 5.64. The van der Waals surface area contributed by atoms with Gasteiger partial charge in [0, 0.05) is 18.0 Å². The Morgan fingerprint density at radius 2 is 1.89 bits per heavy atom. The molecule has 0 spiro atoms. The van der Waals surface area contributed by atoms with E-state index in [1.807, 2.05) is 13.8 Å². The lowest BCUT2D eigenvalue weighted by atomic mass is 10.1. The van der Waals surface area contributed by atoms with E-state index in [4.69, 9.17) is 20.5 Å². The molecule has 0 saturated carbocycles. The van der Waals surface area contributed by atoms with E-state index in [1.165, 1.54) is 6.20 Å². The summed E-state index contributed by atoms with van der Waals surface area (Å²) < 4.78 is 11.2. The third-order valence-electron chi connectivity index (χ3n) is 4.48. The van der Waals surface area contributed by atoms with Crippen molar-refractivity contribution < 1.29 is 9.47 Å². The van der Waals surface area contributed by atoms with Crippen molar-refractivity contribution in [1.29, 1.82) is 5.26 Å². The predicted molar refractivity (Wildman–Crippen MR) is 102 cm³/mol. The van der Waals surface area contributed by atoms with Crippen LogP contribution in [0.2, 0.25) is 0 Å². The molecule has 0 radical (unpaired) electrons. The van der Waals surface area contributed by atoms with Crippen LogP contribution in [0, 0.1) is 25.2 Å². The van der Waals surface area contributed by atoms with E-state index < -0.39 is 0 Å². The Labute approximate surface area is 162 Å². The number of rotatable bonds is 4. The van der Waals surface area contributed by atoms with E-state index in [9.17, 15) is 0 Å². The molecule has 4 heterocycles. The summed E-state index contributed by atoms with van der Waals surface area (Å²) in [5, 5.41) is 9.07. The van der Waals surface area contributed by atoms with Crippen LogP contribution in [0.15, 0.2) is 30.6 Å². The maximum absolute atomic E-state index is 9.07. The molecule has 4 rings (SSSR count). The van der Waals surface area contributed by atoms with Gasteiger partial charge in [0.1, 0.15) is 11.9 Å². The Bertz CT molecular complexity index is 1070. The third kappa shape index (κ3) is 3.35. The zero-order chi connectivity index (χ0) is 19.7. The van der Waals surface area contributed by atoms with Crippen molar-refractivity contribution in [3.63, 3.8) is 0 Å². The lowest BCUT2D eigenvalue weighted by Gasteiger charge is -2.25.